The van der Waals surface area contributed by atoms with Gasteiger partial charge in [-0.2, -0.15) is 5.10 Å². The molecule has 1 aliphatic rings. The molecule has 0 aliphatic heterocycles. The van der Waals surface area contributed by atoms with Crippen LogP contribution < -0.4 is 10.6 Å². The summed E-state index contributed by atoms with van der Waals surface area (Å²) in [6.45, 7) is 5.15. The molecule has 2 heterocycles. The molecule has 6 nitrogen and oxygen atoms in total. The van der Waals surface area contributed by atoms with E-state index < -0.39 is 0 Å². The van der Waals surface area contributed by atoms with Crippen LogP contribution >= 0.6 is 0 Å². The van der Waals surface area contributed by atoms with Gasteiger partial charge in [0.25, 0.3) is 0 Å². The van der Waals surface area contributed by atoms with Crippen molar-refractivity contribution in [1.29, 1.82) is 0 Å². The van der Waals surface area contributed by atoms with Crippen LogP contribution in [-0.4, -0.2) is 27.3 Å². The second-order valence-electron chi connectivity index (χ2n) is 6.58. The van der Waals surface area contributed by atoms with E-state index in [0.29, 0.717) is 12.5 Å². The van der Waals surface area contributed by atoms with Crippen LogP contribution in [0.2, 0.25) is 0 Å². The first-order valence-corrected chi connectivity index (χ1v) is 8.77. The molecule has 1 aliphatic carbocycles. The maximum Gasteiger partial charge on any atom is 0.315 e. The van der Waals surface area contributed by atoms with Crippen LogP contribution in [0, 0.1) is 19.8 Å². The number of nitrogens with zero attached hydrogens (tertiary/aromatic N) is 3. The maximum absolute atomic E-state index is 11.9. The first-order chi connectivity index (χ1) is 12.1. The van der Waals surface area contributed by atoms with E-state index in [2.05, 4.69) is 32.9 Å². The summed E-state index contributed by atoms with van der Waals surface area (Å²) in [5.41, 5.74) is 2.98. The first kappa shape index (κ1) is 17.2. The lowest BCUT2D eigenvalue weighted by Crippen LogP contribution is -2.38. The quantitative estimate of drug-likeness (QED) is 0.823. The number of allylic oxidation sites excluding steroid dienone is 2. The first-order valence-electron chi connectivity index (χ1n) is 8.77. The summed E-state index contributed by atoms with van der Waals surface area (Å²) in [5, 5.41) is 10.3. The Bertz CT molecular complexity index is 748. The van der Waals surface area contributed by atoms with Gasteiger partial charge in [-0.15, -0.1) is 0 Å². The third-order valence-corrected chi connectivity index (χ3v) is 4.42. The monoisotopic (exact) mass is 339 g/mol. The molecule has 0 saturated carbocycles. The van der Waals surface area contributed by atoms with Crippen molar-refractivity contribution in [1.82, 2.24) is 25.4 Å². The molecule has 3 rings (SSSR count). The topological polar surface area (TPSA) is 71.8 Å². The minimum Gasteiger partial charge on any atom is -0.338 e. The van der Waals surface area contributed by atoms with Crippen molar-refractivity contribution in [2.24, 2.45) is 5.92 Å². The number of urea groups is 1. The van der Waals surface area contributed by atoms with Gasteiger partial charge in [-0.05, 0) is 56.7 Å². The fourth-order valence-corrected chi connectivity index (χ4v) is 3.03. The summed E-state index contributed by atoms with van der Waals surface area (Å²) < 4.78 is 1.82. The van der Waals surface area contributed by atoms with Gasteiger partial charge >= 0.3 is 6.03 Å². The van der Waals surface area contributed by atoms with Crippen LogP contribution in [-0.2, 0) is 6.54 Å². The number of pyridine rings is 1. The average Bonchev–Trinajstić information content (AvgIpc) is 2.98. The van der Waals surface area contributed by atoms with Crippen molar-refractivity contribution >= 4 is 6.03 Å². The third kappa shape index (κ3) is 4.68. The van der Waals surface area contributed by atoms with Gasteiger partial charge in [-0.1, -0.05) is 18.2 Å². The van der Waals surface area contributed by atoms with Crippen LogP contribution in [0.4, 0.5) is 4.79 Å². The van der Waals surface area contributed by atoms with Gasteiger partial charge < -0.3 is 10.6 Å². The molecule has 2 N–H and O–H groups in total. The molecule has 25 heavy (non-hydrogen) atoms. The molecule has 132 valence electrons. The largest absolute Gasteiger partial charge is 0.338 e. The van der Waals surface area contributed by atoms with E-state index >= 15 is 0 Å². The highest BCUT2D eigenvalue weighted by atomic mass is 16.2. The number of hydrogen-bond donors (Lipinski definition) is 2. The van der Waals surface area contributed by atoms with Crippen LogP contribution in [0.25, 0.3) is 5.82 Å². The van der Waals surface area contributed by atoms with Crippen LogP contribution in [0.1, 0.15) is 36.2 Å². The van der Waals surface area contributed by atoms with E-state index in [1.807, 2.05) is 36.7 Å². The highest BCUT2D eigenvalue weighted by Crippen LogP contribution is 2.16. The predicted molar refractivity (Wildman–Crippen MR) is 97.6 cm³/mol. The Balaban J connectivity index is 1.47. The Morgan fingerprint density at radius 2 is 2.16 bits per heavy atom. The zero-order valence-corrected chi connectivity index (χ0v) is 14.8. The van der Waals surface area contributed by atoms with E-state index in [1.165, 1.54) is 0 Å². The maximum atomic E-state index is 11.9. The van der Waals surface area contributed by atoms with Crippen molar-refractivity contribution in [3.8, 4) is 5.82 Å². The van der Waals surface area contributed by atoms with Crippen molar-refractivity contribution < 1.29 is 4.79 Å². The molecule has 0 unspecified atom stereocenters. The number of carbonyl (C=O) groups is 1. The Kier molecular flexibility index (Phi) is 5.48. The van der Waals surface area contributed by atoms with Crippen molar-refractivity contribution in [3.63, 3.8) is 0 Å². The van der Waals surface area contributed by atoms with Gasteiger partial charge in [0, 0.05) is 25.0 Å². The molecule has 0 aromatic carbocycles. The lowest BCUT2D eigenvalue weighted by atomic mass is 9.94. The Morgan fingerprint density at radius 3 is 2.80 bits per heavy atom. The number of hydrogen-bond acceptors (Lipinski definition) is 3. The highest BCUT2D eigenvalue weighted by Gasteiger charge is 2.11. The van der Waals surface area contributed by atoms with E-state index in [9.17, 15) is 4.79 Å². The normalized spacial score (nSPS) is 16.6. The summed E-state index contributed by atoms with van der Waals surface area (Å²) >= 11 is 0. The minimum atomic E-state index is -0.128. The van der Waals surface area contributed by atoms with Gasteiger partial charge in [0.2, 0.25) is 0 Å². The van der Waals surface area contributed by atoms with E-state index in [1.54, 1.807) is 6.20 Å². The fraction of sp³-hybridized carbons (Fsp3) is 0.421. The van der Waals surface area contributed by atoms with Crippen molar-refractivity contribution in [2.45, 2.75) is 39.7 Å². The second kappa shape index (κ2) is 7.96. The molecule has 2 aromatic heterocycles. The number of carbonyl (C=O) groups excluding carboxylic acids is 1. The van der Waals surface area contributed by atoms with Crippen molar-refractivity contribution in [3.05, 3.63) is 53.5 Å². The van der Waals surface area contributed by atoms with Gasteiger partial charge in [0.15, 0.2) is 5.82 Å². The highest BCUT2D eigenvalue weighted by molar-refractivity contribution is 5.73. The lowest BCUT2D eigenvalue weighted by Gasteiger charge is -2.18. The number of amides is 2. The minimum absolute atomic E-state index is 0.128. The Hall–Kier alpha value is -2.63. The van der Waals surface area contributed by atoms with Crippen molar-refractivity contribution in [2.75, 3.05) is 6.54 Å². The SMILES string of the molecule is Cc1cc(C)n(-c2ccc(CNC(=O)NC[C@@H]3CC=CCC3)cn2)n1. The number of nitrogens with one attached hydrogen (secondary N) is 2. The molecule has 2 aromatic rings. The van der Waals surface area contributed by atoms with Gasteiger partial charge in [0.05, 0.1) is 5.69 Å². The fourth-order valence-electron chi connectivity index (χ4n) is 3.03. The van der Waals surface area contributed by atoms with Crippen LogP contribution in [0.5, 0.6) is 0 Å². The zero-order chi connectivity index (χ0) is 17.6. The van der Waals surface area contributed by atoms with Crippen LogP contribution in [0.15, 0.2) is 36.5 Å². The van der Waals surface area contributed by atoms with Gasteiger partial charge in [0.1, 0.15) is 0 Å². The molecule has 1 atom stereocenters. The summed E-state index contributed by atoms with van der Waals surface area (Å²) in [5.74, 6) is 1.33. The van der Waals surface area contributed by atoms with E-state index in [0.717, 1.165) is 48.6 Å². The third-order valence-electron chi connectivity index (χ3n) is 4.42. The average molecular weight is 339 g/mol. The van der Waals surface area contributed by atoms with Crippen LogP contribution in [0.3, 0.4) is 0 Å². The Morgan fingerprint density at radius 1 is 1.28 bits per heavy atom. The molecule has 0 spiro atoms. The number of aryl methyl sites for hydroxylation is 2. The molecule has 2 amide bonds. The molecular formula is C19H25N5O. The molecule has 0 bridgehead atoms. The number of aromatic nitrogens is 3. The molecule has 6 heteroatoms. The van der Waals surface area contributed by atoms with E-state index in [4.69, 9.17) is 0 Å². The number of rotatable bonds is 5. The molecule has 0 saturated heterocycles. The lowest BCUT2D eigenvalue weighted by molar-refractivity contribution is 0.238. The molecular weight excluding hydrogens is 314 g/mol. The van der Waals surface area contributed by atoms with E-state index in [-0.39, 0.29) is 6.03 Å². The molecule has 0 fully saturated rings. The standard InChI is InChI=1S/C19H25N5O/c1-14-10-15(2)24(23-14)18-9-8-17(12-20-18)13-22-19(25)21-11-16-6-4-3-5-7-16/h3-4,8-10,12,16H,5-7,11,13H2,1-2H3,(H2,21,22,25)/t16-/m1/s1. The summed E-state index contributed by atoms with van der Waals surface area (Å²) in [6, 6.07) is 5.77. The Labute approximate surface area is 148 Å². The smallest absolute Gasteiger partial charge is 0.315 e. The zero-order valence-electron chi connectivity index (χ0n) is 14.8. The molecule has 0 radical (unpaired) electrons. The predicted octanol–water partition coefficient (Wildman–Crippen LogP) is 3.04. The van der Waals surface area contributed by atoms with Gasteiger partial charge in [-0.3, -0.25) is 0 Å². The summed E-state index contributed by atoms with van der Waals surface area (Å²) in [4.78, 5) is 16.4. The second-order valence-corrected chi connectivity index (χ2v) is 6.58. The van der Waals surface area contributed by atoms with Gasteiger partial charge in [-0.25, -0.2) is 14.5 Å². The summed E-state index contributed by atoms with van der Waals surface area (Å²) in [7, 11) is 0. The summed E-state index contributed by atoms with van der Waals surface area (Å²) in [6.07, 6.45) is 9.49.